The van der Waals surface area contributed by atoms with Crippen LogP contribution >= 0.6 is 0 Å². The van der Waals surface area contributed by atoms with E-state index in [4.69, 9.17) is 4.74 Å². The van der Waals surface area contributed by atoms with E-state index in [9.17, 15) is 8.94 Å². The summed E-state index contributed by atoms with van der Waals surface area (Å²) in [6.07, 6.45) is 1.63. The quantitative estimate of drug-likeness (QED) is 0.793. The summed E-state index contributed by atoms with van der Waals surface area (Å²) < 4.78 is 28.5. The Morgan fingerprint density at radius 2 is 1.78 bits per heavy atom. The average Bonchev–Trinajstić information content (AvgIpc) is 2.40. The van der Waals surface area contributed by atoms with Crippen molar-refractivity contribution in [3.8, 4) is 16.9 Å². The highest BCUT2D eigenvalue weighted by Gasteiger charge is 2.08. The summed E-state index contributed by atoms with van der Waals surface area (Å²) in [5.41, 5.74) is 1.73. The van der Waals surface area contributed by atoms with Crippen molar-refractivity contribution in [1.82, 2.24) is 0 Å². The van der Waals surface area contributed by atoms with Crippen molar-refractivity contribution in [2.24, 2.45) is 0 Å². The van der Waals surface area contributed by atoms with E-state index in [-0.39, 0.29) is 0 Å². The standard InChI is InChI=1S/C14H13FO2S/c1-18(16)12-8-6-11(7-9-12)13-4-2-3-5-14(13)17-10-15/h2-9H,10H2,1H3. The summed E-state index contributed by atoms with van der Waals surface area (Å²) >= 11 is -0.994. The van der Waals surface area contributed by atoms with Crippen molar-refractivity contribution in [2.75, 3.05) is 13.1 Å². The fraction of sp³-hybridized carbons (Fsp3) is 0.143. The molecule has 0 aliphatic carbocycles. The Morgan fingerprint density at radius 3 is 2.39 bits per heavy atom. The minimum Gasteiger partial charge on any atom is -0.612 e. The van der Waals surface area contributed by atoms with Crippen LogP contribution in [0.25, 0.3) is 11.1 Å². The smallest absolute Gasteiger partial charge is 0.228 e. The molecule has 0 aromatic heterocycles. The predicted octanol–water partition coefficient (Wildman–Crippen LogP) is 3.40. The Kier molecular flexibility index (Phi) is 4.23. The first-order chi connectivity index (χ1) is 8.72. The molecular weight excluding hydrogens is 251 g/mol. The number of hydrogen-bond acceptors (Lipinski definition) is 2. The van der Waals surface area contributed by atoms with Crippen molar-refractivity contribution in [2.45, 2.75) is 4.90 Å². The Bertz CT molecular complexity index is 511. The summed E-state index contributed by atoms with van der Waals surface area (Å²) in [5.74, 6) is 0.505. The van der Waals surface area contributed by atoms with Crippen LogP contribution in [0, 0.1) is 0 Å². The molecule has 0 fully saturated rings. The molecule has 2 rings (SSSR count). The van der Waals surface area contributed by atoms with Crippen LogP contribution in [0.1, 0.15) is 0 Å². The van der Waals surface area contributed by atoms with Gasteiger partial charge in [0.2, 0.25) is 6.86 Å². The average molecular weight is 264 g/mol. The lowest BCUT2D eigenvalue weighted by molar-refractivity contribution is 0.192. The molecule has 0 heterocycles. The Labute approximate surface area is 109 Å². The predicted molar refractivity (Wildman–Crippen MR) is 70.8 cm³/mol. The van der Waals surface area contributed by atoms with E-state index in [2.05, 4.69) is 0 Å². The topological polar surface area (TPSA) is 32.3 Å². The van der Waals surface area contributed by atoms with Crippen LogP contribution in [-0.4, -0.2) is 17.7 Å². The van der Waals surface area contributed by atoms with E-state index in [0.717, 1.165) is 16.0 Å². The minimum atomic E-state index is -0.994. The lowest BCUT2D eigenvalue weighted by Gasteiger charge is -2.10. The second kappa shape index (κ2) is 5.89. The Balaban J connectivity index is 2.36. The molecule has 0 N–H and O–H groups in total. The van der Waals surface area contributed by atoms with Crippen LogP contribution in [0.3, 0.4) is 0 Å². The molecule has 0 aliphatic heterocycles. The zero-order chi connectivity index (χ0) is 13.0. The molecule has 94 valence electrons. The Morgan fingerprint density at radius 1 is 1.11 bits per heavy atom. The molecule has 4 heteroatoms. The summed E-state index contributed by atoms with van der Waals surface area (Å²) in [4.78, 5) is 0.766. The summed E-state index contributed by atoms with van der Waals surface area (Å²) in [7, 11) is 0. The number of halogens is 1. The molecule has 0 aliphatic rings. The van der Waals surface area contributed by atoms with Gasteiger partial charge in [-0.05, 0) is 47.1 Å². The van der Waals surface area contributed by atoms with Crippen LogP contribution in [0.4, 0.5) is 4.39 Å². The first kappa shape index (κ1) is 12.9. The van der Waals surface area contributed by atoms with E-state index in [1.54, 1.807) is 30.5 Å². The van der Waals surface area contributed by atoms with Crippen molar-refractivity contribution >= 4 is 11.2 Å². The molecule has 0 saturated heterocycles. The van der Waals surface area contributed by atoms with Crippen LogP contribution in [-0.2, 0) is 11.2 Å². The molecule has 0 saturated carbocycles. The minimum absolute atomic E-state index is 0.505. The molecule has 0 amide bonds. The van der Waals surface area contributed by atoms with Gasteiger partial charge in [-0.15, -0.1) is 0 Å². The van der Waals surface area contributed by atoms with Crippen LogP contribution in [0.5, 0.6) is 5.75 Å². The van der Waals surface area contributed by atoms with Gasteiger partial charge < -0.3 is 9.29 Å². The number of hydrogen-bond donors (Lipinski definition) is 0. The highest BCUT2D eigenvalue weighted by molar-refractivity contribution is 7.90. The summed E-state index contributed by atoms with van der Waals surface area (Å²) in [6.45, 7) is -0.853. The normalized spacial score (nSPS) is 12.2. The lowest BCUT2D eigenvalue weighted by Crippen LogP contribution is -1.97. The lowest BCUT2D eigenvalue weighted by atomic mass is 10.1. The third-order valence-corrected chi connectivity index (χ3v) is 3.53. The number of rotatable bonds is 4. The maximum absolute atomic E-state index is 12.3. The molecule has 18 heavy (non-hydrogen) atoms. The van der Waals surface area contributed by atoms with Gasteiger partial charge >= 0.3 is 0 Å². The van der Waals surface area contributed by atoms with Crippen LogP contribution in [0.2, 0.25) is 0 Å². The van der Waals surface area contributed by atoms with Gasteiger partial charge in [-0.1, -0.05) is 18.2 Å². The summed E-state index contributed by atoms with van der Waals surface area (Å²) in [5, 5.41) is 0. The zero-order valence-electron chi connectivity index (χ0n) is 9.93. The SMILES string of the molecule is C[S+]([O-])c1ccc(-c2ccccc2OCF)cc1. The van der Waals surface area contributed by atoms with Gasteiger partial charge in [0.15, 0.2) is 4.90 Å². The van der Waals surface area contributed by atoms with Gasteiger partial charge in [0.05, 0.1) is 0 Å². The third-order valence-electron chi connectivity index (χ3n) is 2.59. The molecule has 0 spiro atoms. The fourth-order valence-corrected chi connectivity index (χ4v) is 2.24. The van der Waals surface area contributed by atoms with Gasteiger partial charge in [0.25, 0.3) is 0 Å². The van der Waals surface area contributed by atoms with E-state index in [0.29, 0.717) is 5.75 Å². The number of benzene rings is 2. The number of para-hydroxylation sites is 1. The third kappa shape index (κ3) is 2.83. The maximum Gasteiger partial charge on any atom is 0.228 e. The van der Waals surface area contributed by atoms with Crippen molar-refractivity contribution in [3.63, 3.8) is 0 Å². The number of ether oxygens (including phenoxy) is 1. The van der Waals surface area contributed by atoms with Crippen molar-refractivity contribution in [1.29, 1.82) is 0 Å². The van der Waals surface area contributed by atoms with E-state index in [1.165, 1.54) is 0 Å². The molecule has 1 atom stereocenters. The van der Waals surface area contributed by atoms with E-state index < -0.39 is 18.0 Å². The molecular formula is C14H13FO2S. The first-order valence-corrected chi connectivity index (χ1v) is 7.00. The highest BCUT2D eigenvalue weighted by Crippen LogP contribution is 2.30. The molecule has 0 bridgehead atoms. The molecule has 2 nitrogen and oxygen atoms in total. The monoisotopic (exact) mass is 264 g/mol. The maximum atomic E-state index is 12.3. The Hall–Kier alpha value is -1.52. The van der Waals surface area contributed by atoms with Gasteiger partial charge in [0.1, 0.15) is 12.0 Å². The summed E-state index contributed by atoms with van der Waals surface area (Å²) in [6, 6.07) is 14.6. The van der Waals surface area contributed by atoms with Gasteiger partial charge in [-0.25, -0.2) is 4.39 Å². The molecule has 1 unspecified atom stereocenters. The second-order valence-electron chi connectivity index (χ2n) is 3.73. The molecule has 0 radical (unpaired) electrons. The first-order valence-electron chi connectivity index (χ1n) is 5.44. The van der Waals surface area contributed by atoms with Crippen molar-refractivity contribution < 1.29 is 13.7 Å². The molecule has 2 aromatic rings. The largest absolute Gasteiger partial charge is 0.612 e. The second-order valence-corrected chi connectivity index (χ2v) is 5.11. The number of alkyl halides is 1. The highest BCUT2D eigenvalue weighted by atomic mass is 32.2. The molecule has 2 aromatic carbocycles. The van der Waals surface area contributed by atoms with Gasteiger partial charge in [0, 0.05) is 5.56 Å². The van der Waals surface area contributed by atoms with Gasteiger partial charge in [-0.2, -0.15) is 0 Å². The van der Waals surface area contributed by atoms with E-state index in [1.807, 2.05) is 24.3 Å². The van der Waals surface area contributed by atoms with Crippen molar-refractivity contribution in [3.05, 3.63) is 48.5 Å². The zero-order valence-corrected chi connectivity index (χ0v) is 10.7. The van der Waals surface area contributed by atoms with Gasteiger partial charge in [-0.3, -0.25) is 0 Å². The van der Waals surface area contributed by atoms with Crippen LogP contribution in [0.15, 0.2) is 53.4 Å². The van der Waals surface area contributed by atoms with Crippen LogP contribution < -0.4 is 4.74 Å². The fourth-order valence-electron chi connectivity index (χ4n) is 1.72. The van der Waals surface area contributed by atoms with E-state index >= 15 is 0 Å².